The summed E-state index contributed by atoms with van der Waals surface area (Å²) in [5.74, 6) is -0.996. The summed E-state index contributed by atoms with van der Waals surface area (Å²) in [5.41, 5.74) is -1.60. The topological polar surface area (TPSA) is 91.7 Å². The second kappa shape index (κ2) is 8.45. The van der Waals surface area contributed by atoms with Crippen molar-refractivity contribution in [2.24, 2.45) is 0 Å². The maximum Gasteiger partial charge on any atom is 0.410 e. The maximum atomic E-state index is 14.0. The Labute approximate surface area is 171 Å². The maximum absolute atomic E-state index is 14.0. The number of nitrogens with one attached hydrogen (secondary N) is 1. The molecular weight excluding hydrogens is 433 g/mol. The first-order valence-electron chi connectivity index (χ1n) is 8.67. The fraction of sp³-hybridized carbons (Fsp3) is 0.526. The molecule has 0 saturated carbocycles. The van der Waals surface area contributed by atoms with Crippen molar-refractivity contribution in [1.29, 1.82) is 5.26 Å². The van der Waals surface area contributed by atoms with Crippen molar-refractivity contribution >= 4 is 27.9 Å². The van der Waals surface area contributed by atoms with E-state index in [1.54, 1.807) is 32.9 Å². The van der Waals surface area contributed by atoms with E-state index >= 15 is 0 Å². The van der Waals surface area contributed by atoms with Gasteiger partial charge in [-0.25, -0.2) is 9.18 Å². The highest BCUT2D eigenvalue weighted by Crippen LogP contribution is 2.27. The summed E-state index contributed by atoms with van der Waals surface area (Å²) in [7, 11) is 1.36. The van der Waals surface area contributed by atoms with Crippen LogP contribution in [0.15, 0.2) is 22.7 Å². The summed E-state index contributed by atoms with van der Waals surface area (Å²) in [6.07, 6.45) is -0.529. The van der Waals surface area contributed by atoms with E-state index in [0.717, 1.165) is 0 Å². The number of carbonyl (C=O) groups is 2. The average Bonchev–Trinajstić information content (AvgIpc) is 2.54. The molecule has 9 heteroatoms. The van der Waals surface area contributed by atoms with Crippen molar-refractivity contribution in [2.75, 3.05) is 20.2 Å². The zero-order chi connectivity index (χ0) is 21.1. The molecule has 0 aromatic heterocycles. The lowest BCUT2D eigenvalue weighted by atomic mass is 9.92. The Balaban J connectivity index is 1.99. The minimum absolute atomic E-state index is 0.00897. The number of methoxy groups -OCH3 is 1. The van der Waals surface area contributed by atoms with Gasteiger partial charge in [0, 0.05) is 18.0 Å². The first kappa shape index (κ1) is 22.1. The van der Waals surface area contributed by atoms with Crippen LogP contribution in [0.4, 0.5) is 9.18 Å². The molecule has 1 aliphatic rings. The van der Waals surface area contributed by atoms with E-state index in [9.17, 15) is 19.2 Å². The van der Waals surface area contributed by atoms with Gasteiger partial charge in [0.2, 0.25) is 0 Å². The standard InChI is InChI=1S/C19H23BrFN3O4/c1-18(2,3)28-17(26)24-10-19(11-24,27-4)16(25)23-14(9-22)7-12-5-6-13(20)8-15(12)21/h5-6,8,14H,7,10-11H2,1-4H3,(H,23,25)/t14-/m0/s1. The fourth-order valence-corrected chi connectivity index (χ4v) is 3.05. The van der Waals surface area contributed by atoms with Gasteiger partial charge in [0.25, 0.3) is 5.91 Å². The number of rotatable bonds is 5. The van der Waals surface area contributed by atoms with E-state index in [1.165, 1.54) is 18.1 Å². The Morgan fingerprint density at radius 2 is 2.07 bits per heavy atom. The summed E-state index contributed by atoms with van der Waals surface area (Å²) in [6.45, 7) is 5.27. The molecule has 1 N–H and O–H groups in total. The normalized spacial score (nSPS) is 16.5. The van der Waals surface area contributed by atoms with Crippen molar-refractivity contribution < 1.29 is 23.5 Å². The van der Waals surface area contributed by atoms with Gasteiger partial charge >= 0.3 is 6.09 Å². The van der Waals surface area contributed by atoms with Crippen LogP contribution in [-0.4, -0.2) is 54.3 Å². The SMILES string of the molecule is COC1(C(=O)N[C@H](C#N)Cc2ccc(Br)cc2F)CN(C(=O)OC(C)(C)C)C1. The Hall–Kier alpha value is -2.18. The lowest BCUT2D eigenvalue weighted by Gasteiger charge is -2.47. The van der Waals surface area contributed by atoms with Gasteiger partial charge in [-0.3, -0.25) is 4.79 Å². The molecule has 1 aromatic rings. The highest BCUT2D eigenvalue weighted by molar-refractivity contribution is 9.10. The van der Waals surface area contributed by atoms with E-state index in [0.29, 0.717) is 10.0 Å². The zero-order valence-corrected chi connectivity index (χ0v) is 17.8. The average molecular weight is 456 g/mol. The molecule has 0 bridgehead atoms. The van der Waals surface area contributed by atoms with Gasteiger partial charge in [-0.1, -0.05) is 22.0 Å². The predicted molar refractivity (Wildman–Crippen MR) is 103 cm³/mol. The van der Waals surface area contributed by atoms with Crippen molar-refractivity contribution in [3.05, 3.63) is 34.1 Å². The summed E-state index contributed by atoms with van der Waals surface area (Å²) in [4.78, 5) is 26.1. The van der Waals surface area contributed by atoms with Crippen LogP contribution in [-0.2, 0) is 20.7 Å². The van der Waals surface area contributed by atoms with Crippen molar-refractivity contribution in [3.8, 4) is 6.07 Å². The van der Waals surface area contributed by atoms with Gasteiger partial charge in [0.1, 0.15) is 17.5 Å². The number of amides is 2. The third-order valence-electron chi connectivity index (χ3n) is 4.25. The molecule has 1 saturated heterocycles. The van der Waals surface area contributed by atoms with Crippen LogP contribution in [0.25, 0.3) is 0 Å². The quantitative estimate of drug-likeness (QED) is 0.736. The number of halogens is 2. The van der Waals surface area contributed by atoms with Crippen LogP contribution < -0.4 is 5.32 Å². The van der Waals surface area contributed by atoms with Crippen LogP contribution in [0, 0.1) is 17.1 Å². The van der Waals surface area contributed by atoms with Crippen molar-refractivity contribution in [1.82, 2.24) is 10.2 Å². The van der Waals surface area contributed by atoms with Crippen molar-refractivity contribution in [2.45, 2.75) is 44.4 Å². The van der Waals surface area contributed by atoms with Gasteiger partial charge in [0.15, 0.2) is 5.60 Å². The number of hydrogen-bond acceptors (Lipinski definition) is 5. The van der Waals surface area contributed by atoms with Gasteiger partial charge in [-0.2, -0.15) is 5.26 Å². The van der Waals surface area contributed by atoms with E-state index in [1.807, 2.05) is 6.07 Å². The fourth-order valence-electron chi connectivity index (χ4n) is 2.72. The van der Waals surface area contributed by atoms with Gasteiger partial charge < -0.3 is 19.7 Å². The molecule has 1 heterocycles. The van der Waals surface area contributed by atoms with Crippen LogP contribution in [0.2, 0.25) is 0 Å². The first-order valence-corrected chi connectivity index (χ1v) is 9.46. The summed E-state index contributed by atoms with van der Waals surface area (Å²) >= 11 is 3.17. The number of likely N-dealkylation sites (tertiary alicyclic amines) is 1. The highest BCUT2D eigenvalue weighted by Gasteiger charge is 2.53. The number of carbonyl (C=O) groups excluding carboxylic acids is 2. The van der Waals surface area contributed by atoms with Gasteiger partial charge in [-0.15, -0.1) is 0 Å². The third-order valence-corrected chi connectivity index (χ3v) is 4.74. The zero-order valence-electron chi connectivity index (χ0n) is 16.2. The largest absolute Gasteiger partial charge is 0.444 e. The molecule has 0 unspecified atom stereocenters. The molecule has 0 spiro atoms. The molecule has 28 heavy (non-hydrogen) atoms. The van der Waals surface area contributed by atoms with Crippen LogP contribution >= 0.6 is 15.9 Å². The van der Waals surface area contributed by atoms with E-state index in [-0.39, 0.29) is 19.5 Å². The Bertz CT molecular complexity index is 797. The van der Waals surface area contributed by atoms with Gasteiger partial charge in [0.05, 0.1) is 19.2 Å². The molecule has 0 aliphatic carbocycles. The Morgan fingerprint density at radius 3 is 2.57 bits per heavy atom. The van der Waals surface area contributed by atoms with Crippen molar-refractivity contribution in [3.63, 3.8) is 0 Å². The molecule has 2 rings (SSSR count). The van der Waals surface area contributed by atoms with E-state index < -0.39 is 35.1 Å². The molecular formula is C19H23BrFN3O4. The molecule has 152 valence electrons. The van der Waals surface area contributed by atoms with E-state index in [4.69, 9.17) is 9.47 Å². The monoisotopic (exact) mass is 455 g/mol. The number of hydrogen-bond donors (Lipinski definition) is 1. The second-order valence-corrected chi connectivity index (χ2v) is 8.55. The minimum Gasteiger partial charge on any atom is -0.444 e. The first-order chi connectivity index (χ1) is 13.0. The number of benzene rings is 1. The highest BCUT2D eigenvalue weighted by atomic mass is 79.9. The lowest BCUT2D eigenvalue weighted by molar-refractivity contribution is -0.164. The third kappa shape index (κ3) is 5.20. The summed E-state index contributed by atoms with van der Waals surface area (Å²) < 4.78 is 25.2. The predicted octanol–water partition coefficient (Wildman–Crippen LogP) is 2.77. The van der Waals surface area contributed by atoms with Crippen LogP contribution in [0.1, 0.15) is 26.3 Å². The van der Waals surface area contributed by atoms with Crippen LogP contribution in [0.5, 0.6) is 0 Å². The summed E-state index contributed by atoms with van der Waals surface area (Å²) in [6, 6.07) is 5.53. The van der Waals surface area contributed by atoms with Crippen LogP contribution in [0.3, 0.4) is 0 Å². The Kier molecular flexibility index (Phi) is 6.67. The minimum atomic E-state index is -1.26. The molecule has 7 nitrogen and oxygen atoms in total. The lowest BCUT2D eigenvalue weighted by Crippen LogP contribution is -2.71. The Morgan fingerprint density at radius 1 is 1.43 bits per heavy atom. The molecule has 2 amide bonds. The molecule has 1 fully saturated rings. The van der Waals surface area contributed by atoms with E-state index in [2.05, 4.69) is 21.2 Å². The number of nitrogens with zero attached hydrogens (tertiary/aromatic N) is 2. The molecule has 1 atom stereocenters. The molecule has 1 aromatic carbocycles. The second-order valence-electron chi connectivity index (χ2n) is 7.63. The molecule has 0 radical (unpaired) electrons. The summed E-state index contributed by atoms with van der Waals surface area (Å²) in [5, 5.41) is 11.9. The number of nitriles is 1. The number of ether oxygens (including phenoxy) is 2. The van der Waals surface area contributed by atoms with Gasteiger partial charge in [-0.05, 0) is 38.5 Å². The molecule has 1 aliphatic heterocycles. The smallest absolute Gasteiger partial charge is 0.410 e.